The molecule has 100 valence electrons. The van der Waals surface area contributed by atoms with Crippen LogP contribution in [0.5, 0.6) is 0 Å². The summed E-state index contributed by atoms with van der Waals surface area (Å²) in [5.74, 6) is 0. The van der Waals surface area contributed by atoms with Gasteiger partial charge in [0.05, 0.1) is 15.7 Å². The fraction of sp³-hybridized carbons (Fsp3) is 0.250. The van der Waals surface area contributed by atoms with Gasteiger partial charge in [-0.15, -0.1) is 0 Å². The van der Waals surface area contributed by atoms with Crippen molar-refractivity contribution < 1.29 is 4.92 Å². The Labute approximate surface area is 118 Å². The number of nitro benzene ring substituents is 1. The fourth-order valence-electron chi connectivity index (χ4n) is 1.69. The Morgan fingerprint density at radius 3 is 3.00 bits per heavy atom. The molecule has 0 radical (unpaired) electrons. The van der Waals surface area contributed by atoms with E-state index in [9.17, 15) is 10.1 Å². The fourth-order valence-corrected chi connectivity index (χ4v) is 2.08. The summed E-state index contributed by atoms with van der Waals surface area (Å²) >= 11 is 3.17. The quantitative estimate of drug-likeness (QED) is 0.485. The number of H-pyrrole nitrogens is 1. The van der Waals surface area contributed by atoms with Gasteiger partial charge in [0, 0.05) is 37.5 Å². The highest BCUT2D eigenvalue weighted by molar-refractivity contribution is 9.10. The molecule has 0 saturated carbocycles. The molecule has 0 aliphatic carbocycles. The molecule has 0 fully saturated rings. The van der Waals surface area contributed by atoms with Gasteiger partial charge < -0.3 is 10.3 Å². The van der Waals surface area contributed by atoms with Crippen LogP contribution in [0, 0.1) is 10.1 Å². The zero-order valence-corrected chi connectivity index (χ0v) is 11.7. The van der Waals surface area contributed by atoms with Crippen molar-refractivity contribution in [1.29, 1.82) is 0 Å². The minimum atomic E-state index is -0.391. The molecule has 2 N–H and O–H groups in total. The number of benzene rings is 1. The highest BCUT2D eigenvalue weighted by atomic mass is 79.9. The zero-order valence-electron chi connectivity index (χ0n) is 10.1. The summed E-state index contributed by atoms with van der Waals surface area (Å²) in [6.45, 7) is 1.38. The molecule has 0 aliphatic heterocycles. The Hall–Kier alpha value is -1.73. The largest absolute Gasteiger partial charge is 0.348 e. The smallest absolute Gasteiger partial charge is 0.283 e. The van der Waals surface area contributed by atoms with Crippen LogP contribution in [-0.4, -0.2) is 21.4 Å². The predicted molar refractivity (Wildman–Crippen MR) is 74.8 cm³/mol. The van der Waals surface area contributed by atoms with Crippen molar-refractivity contribution in [3.05, 3.63) is 56.6 Å². The average Bonchev–Trinajstić information content (AvgIpc) is 2.89. The van der Waals surface area contributed by atoms with Crippen LogP contribution in [0.15, 0.2) is 35.2 Å². The third-order valence-corrected chi connectivity index (χ3v) is 3.33. The molecule has 0 spiro atoms. The molecule has 1 aromatic heterocycles. The number of nitrogens with zero attached hydrogens (tertiary/aromatic N) is 2. The Morgan fingerprint density at radius 1 is 1.47 bits per heavy atom. The maximum Gasteiger partial charge on any atom is 0.283 e. The summed E-state index contributed by atoms with van der Waals surface area (Å²) in [5.41, 5.74) is 2.04. The molecule has 0 bridgehead atoms. The second kappa shape index (κ2) is 6.44. The van der Waals surface area contributed by atoms with Gasteiger partial charge in [0.2, 0.25) is 0 Å². The van der Waals surface area contributed by atoms with Gasteiger partial charge in [0.25, 0.3) is 5.69 Å². The molecular weight excluding hydrogens is 312 g/mol. The predicted octanol–water partition coefficient (Wildman–Crippen LogP) is 2.41. The number of nitrogens with one attached hydrogen (secondary N) is 2. The third kappa shape index (κ3) is 3.87. The van der Waals surface area contributed by atoms with E-state index in [1.807, 2.05) is 6.07 Å². The number of imidazole rings is 1. The van der Waals surface area contributed by atoms with E-state index < -0.39 is 4.92 Å². The number of rotatable bonds is 6. The minimum absolute atomic E-state index is 0.0906. The SMILES string of the molecule is O=[N+]([O-])c1cc(CNCCc2cnc[nH]2)ccc1Br. The molecule has 6 nitrogen and oxygen atoms in total. The molecule has 0 amide bonds. The summed E-state index contributed by atoms with van der Waals surface area (Å²) < 4.78 is 0.499. The summed E-state index contributed by atoms with van der Waals surface area (Å²) in [7, 11) is 0. The first-order valence-corrected chi connectivity index (χ1v) is 6.57. The van der Waals surface area contributed by atoms with E-state index in [4.69, 9.17) is 0 Å². The van der Waals surface area contributed by atoms with E-state index >= 15 is 0 Å². The van der Waals surface area contributed by atoms with E-state index in [1.165, 1.54) is 0 Å². The first-order chi connectivity index (χ1) is 9.16. The summed E-state index contributed by atoms with van der Waals surface area (Å²) in [6, 6.07) is 5.14. The lowest BCUT2D eigenvalue weighted by atomic mass is 10.2. The minimum Gasteiger partial charge on any atom is -0.348 e. The number of nitro groups is 1. The lowest BCUT2D eigenvalue weighted by molar-refractivity contribution is -0.385. The standard InChI is InChI=1S/C12H13BrN4O2/c13-11-2-1-9(5-12(11)17(18)19)6-14-4-3-10-7-15-8-16-10/h1-2,5,7-8,14H,3-4,6H2,(H,15,16). The van der Waals surface area contributed by atoms with Crippen LogP contribution in [0.2, 0.25) is 0 Å². The highest BCUT2D eigenvalue weighted by Crippen LogP contribution is 2.25. The summed E-state index contributed by atoms with van der Waals surface area (Å²) in [5, 5.41) is 14.0. The van der Waals surface area contributed by atoms with Gasteiger partial charge in [0.1, 0.15) is 0 Å². The molecule has 0 aliphatic rings. The maximum absolute atomic E-state index is 10.8. The first kappa shape index (κ1) is 13.7. The summed E-state index contributed by atoms with van der Waals surface area (Å²) in [4.78, 5) is 17.4. The topological polar surface area (TPSA) is 83.8 Å². The molecule has 1 heterocycles. The van der Waals surface area contributed by atoms with E-state index in [2.05, 4.69) is 31.2 Å². The lowest BCUT2D eigenvalue weighted by Crippen LogP contribution is -2.16. The number of aromatic amines is 1. The van der Waals surface area contributed by atoms with Gasteiger partial charge in [-0.2, -0.15) is 0 Å². The number of hydrogen-bond acceptors (Lipinski definition) is 4. The van der Waals surface area contributed by atoms with Crippen LogP contribution in [0.4, 0.5) is 5.69 Å². The van der Waals surface area contributed by atoms with Gasteiger partial charge in [-0.1, -0.05) is 6.07 Å². The zero-order chi connectivity index (χ0) is 13.7. The van der Waals surface area contributed by atoms with Gasteiger partial charge in [-0.05, 0) is 27.6 Å². The normalized spacial score (nSPS) is 10.6. The first-order valence-electron chi connectivity index (χ1n) is 5.77. The number of halogens is 1. The molecule has 0 atom stereocenters. The number of aromatic nitrogens is 2. The lowest BCUT2D eigenvalue weighted by Gasteiger charge is -2.04. The highest BCUT2D eigenvalue weighted by Gasteiger charge is 2.11. The van der Waals surface area contributed by atoms with E-state index in [1.54, 1.807) is 24.7 Å². The van der Waals surface area contributed by atoms with Gasteiger partial charge in [-0.25, -0.2) is 4.98 Å². The van der Waals surface area contributed by atoms with Gasteiger partial charge in [0.15, 0.2) is 0 Å². The molecule has 2 rings (SSSR count). The van der Waals surface area contributed by atoms with Crippen LogP contribution in [-0.2, 0) is 13.0 Å². The van der Waals surface area contributed by atoms with Crippen molar-refractivity contribution in [2.45, 2.75) is 13.0 Å². The Morgan fingerprint density at radius 2 is 2.32 bits per heavy atom. The van der Waals surface area contributed by atoms with Crippen LogP contribution in [0.1, 0.15) is 11.3 Å². The van der Waals surface area contributed by atoms with Gasteiger partial charge >= 0.3 is 0 Å². The van der Waals surface area contributed by atoms with E-state index in [-0.39, 0.29) is 5.69 Å². The van der Waals surface area contributed by atoms with E-state index in [0.717, 1.165) is 24.2 Å². The Balaban J connectivity index is 1.86. The molecule has 2 aromatic rings. The second-order valence-electron chi connectivity index (χ2n) is 4.05. The van der Waals surface area contributed by atoms with Crippen molar-refractivity contribution >= 4 is 21.6 Å². The van der Waals surface area contributed by atoms with Crippen LogP contribution < -0.4 is 5.32 Å². The Bertz CT molecular complexity index is 557. The third-order valence-electron chi connectivity index (χ3n) is 2.66. The van der Waals surface area contributed by atoms with Crippen molar-refractivity contribution in [1.82, 2.24) is 15.3 Å². The van der Waals surface area contributed by atoms with Crippen molar-refractivity contribution in [3.8, 4) is 0 Å². The molecule has 0 saturated heterocycles. The van der Waals surface area contributed by atoms with E-state index in [0.29, 0.717) is 11.0 Å². The van der Waals surface area contributed by atoms with Crippen molar-refractivity contribution in [2.24, 2.45) is 0 Å². The second-order valence-corrected chi connectivity index (χ2v) is 4.90. The molecule has 19 heavy (non-hydrogen) atoms. The van der Waals surface area contributed by atoms with Gasteiger partial charge in [-0.3, -0.25) is 10.1 Å². The Kier molecular flexibility index (Phi) is 4.64. The van der Waals surface area contributed by atoms with Crippen LogP contribution >= 0.6 is 15.9 Å². The average molecular weight is 325 g/mol. The van der Waals surface area contributed by atoms with Crippen molar-refractivity contribution in [3.63, 3.8) is 0 Å². The molecule has 1 aromatic carbocycles. The molecular formula is C12H13BrN4O2. The molecule has 7 heteroatoms. The van der Waals surface area contributed by atoms with Crippen LogP contribution in [0.25, 0.3) is 0 Å². The maximum atomic E-state index is 10.8. The van der Waals surface area contributed by atoms with Crippen LogP contribution in [0.3, 0.4) is 0 Å². The summed E-state index contributed by atoms with van der Waals surface area (Å²) in [6.07, 6.45) is 4.28. The molecule has 0 unspecified atom stereocenters. The monoisotopic (exact) mass is 324 g/mol. The number of hydrogen-bond donors (Lipinski definition) is 2. The van der Waals surface area contributed by atoms with Crippen molar-refractivity contribution in [2.75, 3.05) is 6.54 Å².